The lowest BCUT2D eigenvalue weighted by atomic mass is 10.1. The van der Waals surface area contributed by atoms with E-state index in [1.165, 1.54) is 4.90 Å². The van der Waals surface area contributed by atoms with Gasteiger partial charge in [0, 0.05) is 20.6 Å². The number of halogens is 2. The number of para-hydroxylation sites is 1. The minimum Gasteiger partial charge on any atom is -0.487 e. The normalized spacial score (nSPS) is 10.7. The van der Waals surface area contributed by atoms with E-state index in [0.29, 0.717) is 36.4 Å². The third kappa shape index (κ3) is 8.49. The Hall–Kier alpha value is -2.00. The number of carbonyl (C=O) groups is 1. The molecule has 0 aliphatic heterocycles. The van der Waals surface area contributed by atoms with Crippen molar-refractivity contribution in [3.05, 3.63) is 64.7 Å². The van der Waals surface area contributed by atoms with Crippen LogP contribution in [0.1, 0.15) is 18.1 Å². The van der Waals surface area contributed by atoms with E-state index in [-0.39, 0.29) is 36.4 Å². The zero-order valence-corrected chi connectivity index (χ0v) is 20.0. The van der Waals surface area contributed by atoms with Gasteiger partial charge in [-0.2, -0.15) is 0 Å². The highest BCUT2D eigenvalue weighted by atomic mass is 127. The minimum absolute atomic E-state index is 0. The van der Waals surface area contributed by atoms with Crippen LogP contribution in [0.15, 0.2) is 53.5 Å². The Bertz CT molecular complexity index is 815. The van der Waals surface area contributed by atoms with Gasteiger partial charge in [0.1, 0.15) is 12.4 Å². The molecule has 2 aromatic carbocycles. The molecule has 0 bridgehead atoms. The van der Waals surface area contributed by atoms with Crippen molar-refractivity contribution in [1.29, 1.82) is 0 Å². The van der Waals surface area contributed by atoms with Gasteiger partial charge in [-0.3, -0.25) is 4.79 Å². The highest BCUT2D eigenvalue weighted by Gasteiger charge is 2.07. The predicted molar refractivity (Wildman–Crippen MR) is 129 cm³/mol. The number of hydrogen-bond donors (Lipinski definition) is 2. The van der Waals surface area contributed by atoms with Crippen LogP contribution in [0.2, 0.25) is 5.02 Å². The van der Waals surface area contributed by atoms with Crippen molar-refractivity contribution in [2.24, 2.45) is 4.99 Å². The molecule has 0 saturated heterocycles. The second-order valence-corrected chi connectivity index (χ2v) is 6.73. The standard InChI is InChI=1S/C21H27ClN4O2.HI/c1-4-23-21(25-14-20(27)26(2)3)24-13-16-9-5-6-10-17(16)15-28-19-12-8-7-11-18(19)22;/h5-12H,4,13-15H2,1-3H3,(H2,23,24,25);1H. The highest BCUT2D eigenvalue weighted by Crippen LogP contribution is 2.24. The van der Waals surface area contributed by atoms with Crippen molar-refractivity contribution in [3.8, 4) is 5.75 Å². The van der Waals surface area contributed by atoms with Crippen molar-refractivity contribution in [1.82, 2.24) is 15.5 Å². The first-order valence-electron chi connectivity index (χ1n) is 9.17. The molecule has 0 radical (unpaired) electrons. The average Bonchev–Trinajstić information content (AvgIpc) is 2.69. The third-order valence-electron chi connectivity index (χ3n) is 4.00. The predicted octanol–water partition coefficient (Wildman–Crippen LogP) is 3.68. The van der Waals surface area contributed by atoms with Gasteiger partial charge in [0.15, 0.2) is 5.96 Å². The Morgan fingerprint density at radius 1 is 1.07 bits per heavy atom. The number of benzene rings is 2. The molecular weight excluding hydrogens is 503 g/mol. The molecule has 0 saturated carbocycles. The van der Waals surface area contributed by atoms with E-state index < -0.39 is 0 Å². The number of guanidine groups is 1. The molecule has 1 amide bonds. The first-order valence-corrected chi connectivity index (χ1v) is 9.55. The third-order valence-corrected chi connectivity index (χ3v) is 4.31. The van der Waals surface area contributed by atoms with Crippen molar-refractivity contribution < 1.29 is 9.53 Å². The first kappa shape index (κ1) is 25.0. The smallest absolute Gasteiger partial charge is 0.241 e. The monoisotopic (exact) mass is 530 g/mol. The summed E-state index contributed by atoms with van der Waals surface area (Å²) in [5.41, 5.74) is 2.08. The number of nitrogens with one attached hydrogen (secondary N) is 2. The number of nitrogens with zero attached hydrogens (tertiary/aromatic N) is 2. The quantitative estimate of drug-likeness (QED) is 0.310. The number of carbonyl (C=O) groups excluding carboxylic acids is 1. The number of hydrogen-bond acceptors (Lipinski definition) is 3. The van der Waals surface area contributed by atoms with Gasteiger partial charge < -0.3 is 20.3 Å². The van der Waals surface area contributed by atoms with Crippen molar-refractivity contribution in [2.45, 2.75) is 20.1 Å². The SMILES string of the molecule is CCNC(=NCc1ccccc1COc1ccccc1Cl)NCC(=O)N(C)C.I. The molecule has 0 aliphatic carbocycles. The van der Waals surface area contributed by atoms with Gasteiger partial charge in [-0.15, -0.1) is 24.0 Å². The molecule has 0 aliphatic rings. The van der Waals surface area contributed by atoms with E-state index in [4.69, 9.17) is 16.3 Å². The van der Waals surface area contributed by atoms with E-state index in [2.05, 4.69) is 15.6 Å². The van der Waals surface area contributed by atoms with Gasteiger partial charge >= 0.3 is 0 Å². The van der Waals surface area contributed by atoms with Crippen LogP contribution in [0.4, 0.5) is 0 Å². The Morgan fingerprint density at radius 3 is 2.38 bits per heavy atom. The van der Waals surface area contributed by atoms with Gasteiger partial charge in [0.05, 0.1) is 18.1 Å². The van der Waals surface area contributed by atoms with Crippen LogP contribution in [-0.2, 0) is 17.9 Å². The van der Waals surface area contributed by atoms with Gasteiger partial charge in [0.2, 0.25) is 5.91 Å². The molecular formula is C21H28ClIN4O2. The molecule has 2 rings (SSSR count). The second-order valence-electron chi connectivity index (χ2n) is 6.32. The van der Waals surface area contributed by atoms with E-state index in [0.717, 1.165) is 11.1 Å². The number of ether oxygens (including phenoxy) is 1. The summed E-state index contributed by atoms with van der Waals surface area (Å²) in [5.74, 6) is 1.23. The molecule has 158 valence electrons. The van der Waals surface area contributed by atoms with Gasteiger partial charge in [0.25, 0.3) is 0 Å². The molecule has 29 heavy (non-hydrogen) atoms. The Morgan fingerprint density at radius 2 is 1.72 bits per heavy atom. The van der Waals surface area contributed by atoms with Crippen LogP contribution in [0.25, 0.3) is 0 Å². The van der Waals surface area contributed by atoms with E-state index in [9.17, 15) is 4.79 Å². The number of aliphatic imine (C=N–C) groups is 1. The molecule has 0 heterocycles. The van der Waals surface area contributed by atoms with Crippen LogP contribution in [0, 0.1) is 0 Å². The molecule has 0 atom stereocenters. The lowest BCUT2D eigenvalue weighted by molar-refractivity contribution is -0.127. The number of rotatable bonds is 8. The molecule has 0 aromatic heterocycles. The fourth-order valence-electron chi connectivity index (χ4n) is 2.39. The molecule has 2 aromatic rings. The molecule has 2 N–H and O–H groups in total. The molecule has 0 fully saturated rings. The topological polar surface area (TPSA) is 66.0 Å². The lowest BCUT2D eigenvalue weighted by Crippen LogP contribution is -2.42. The molecule has 0 unspecified atom stereocenters. The zero-order chi connectivity index (χ0) is 20.4. The largest absolute Gasteiger partial charge is 0.487 e. The Balaban J connectivity index is 0.00000420. The lowest BCUT2D eigenvalue weighted by Gasteiger charge is -2.15. The Kier molecular flexibility index (Phi) is 11.5. The minimum atomic E-state index is -0.0147. The van der Waals surface area contributed by atoms with E-state index >= 15 is 0 Å². The van der Waals surface area contributed by atoms with Crippen LogP contribution in [-0.4, -0.2) is 44.0 Å². The summed E-state index contributed by atoms with van der Waals surface area (Å²) < 4.78 is 5.86. The summed E-state index contributed by atoms with van der Waals surface area (Å²) in [5, 5.41) is 6.79. The Labute approximate surface area is 194 Å². The maximum atomic E-state index is 11.8. The summed E-state index contributed by atoms with van der Waals surface area (Å²) in [6.45, 7) is 3.75. The van der Waals surface area contributed by atoms with Crippen LogP contribution < -0.4 is 15.4 Å². The van der Waals surface area contributed by atoms with Gasteiger partial charge in [-0.25, -0.2) is 4.99 Å². The van der Waals surface area contributed by atoms with Gasteiger partial charge in [-0.05, 0) is 30.2 Å². The molecule has 8 heteroatoms. The summed E-state index contributed by atoms with van der Waals surface area (Å²) >= 11 is 6.16. The summed E-state index contributed by atoms with van der Waals surface area (Å²) in [6, 6.07) is 15.4. The van der Waals surface area contributed by atoms with Crippen molar-refractivity contribution >= 4 is 47.4 Å². The maximum Gasteiger partial charge on any atom is 0.241 e. The second kappa shape index (κ2) is 13.3. The fraction of sp³-hybridized carbons (Fsp3) is 0.333. The summed E-state index contributed by atoms with van der Waals surface area (Å²) in [4.78, 5) is 17.9. The van der Waals surface area contributed by atoms with Crippen LogP contribution in [0.3, 0.4) is 0 Å². The molecule has 6 nitrogen and oxygen atoms in total. The van der Waals surface area contributed by atoms with Crippen molar-refractivity contribution in [2.75, 3.05) is 27.2 Å². The van der Waals surface area contributed by atoms with Gasteiger partial charge in [-0.1, -0.05) is 48.0 Å². The van der Waals surface area contributed by atoms with E-state index in [1.54, 1.807) is 20.2 Å². The maximum absolute atomic E-state index is 11.8. The average molecular weight is 531 g/mol. The van der Waals surface area contributed by atoms with Crippen LogP contribution in [0.5, 0.6) is 5.75 Å². The van der Waals surface area contributed by atoms with Crippen molar-refractivity contribution in [3.63, 3.8) is 0 Å². The fourth-order valence-corrected chi connectivity index (χ4v) is 2.58. The van der Waals surface area contributed by atoms with Crippen LogP contribution >= 0.6 is 35.6 Å². The zero-order valence-electron chi connectivity index (χ0n) is 16.9. The summed E-state index contributed by atoms with van der Waals surface area (Å²) in [6.07, 6.45) is 0. The highest BCUT2D eigenvalue weighted by molar-refractivity contribution is 14.0. The molecule has 0 spiro atoms. The number of likely N-dealkylation sites (N-methyl/N-ethyl adjacent to an activating group) is 1. The number of amides is 1. The van der Waals surface area contributed by atoms with E-state index in [1.807, 2.05) is 49.4 Å². The first-order chi connectivity index (χ1) is 13.5. The summed E-state index contributed by atoms with van der Waals surface area (Å²) in [7, 11) is 3.45.